The second-order valence-electron chi connectivity index (χ2n) is 5.29. The average Bonchev–Trinajstić information content (AvgIpc) is 2.55. The number of hydrogen-bond acceptors (Lipinski definition) is 5. The molecule has 25 heavy (non-hydrogen) atoms. The largest absolute Gasteiger partial charge is 0.380 e. The number of primary amides is 1. The summed E-state index contributed by atoms with van der Waals surface area (Å²) in [7, 11) is 0. The number of alkyl halides is 2. The second-order valence-corrected chi connectivity index (χ2v) is 5.70. The van der Waals surface area contributed by atoms with E-state index < -0.39 is 24.4 Å². The van der Waals surface area contributed by atoms with Gasteiger partial charge in [0.15, 0.2) is 0 Å². The Labute approximate surface area is 146 Å². The van der Waals surface area contributed by atoms with Crippen molar-refractivity contribution >= 4 is 23.2 Å². The number of nitrogens with one attached hydrogen (secondary N) is 3. The van der Waals surface area contributed by atoms with Crippen LogP contribution in [0.15, 0.2) is 29.5 Å². The topological polar surface area (TPSA) is 100 Å². The third-order valence-corrected chi connectivity index (χ3v) is 3.79. The van der Waals surface area contributed by atoms with E-state index in [4.69, 9.17) is 22.7 Å². The highest BCUT2D eigenvalue weighted by Gasteiger charge is 2.25. The second kappa shape index (κ2) is 8.32. The summed E-state index contributed by atoms with van der Waals surface area (Å²) in [6.07, 6.45) is 0. The van der Waals surface area contributed by atoms with Crippen molar-refractivity contribution in [1.29, 1.82) is 5.41 Å². The van der Waals surface area contributed by atoms with E-state index >= 15 is 0 Å². The van der Waals surface area contributed by atoms with Crippen molar-refractivity contribution in [2.45, 2.75) is 12.7 Å². The summed E-state index contributed by atoms with van der Waals surface area (Å²) < 4.78 is 41.9. The van der Waals surface area contributed by atoms with Crippen molar-refractivity contribution in [2.24, 2.45) is 5.73 Å². The van der Waals surface area contributed by atoms with Gasteiger partial charge in [-0.05, 0) is 18.2 Å². The fraction of sp³-hybridized carbons (Fsp3) is 0.333. The number of carbonyl (C=O) groups is 1. The van der Waals surface area contributed by atoms with Crippen molar-refractivity contribution in [1.82, 2.24) is 10.6 Å². The molecule has 1 amide bonds. The van der Waals surface area contributed by atoms with Gasteiger partial charge in [0.2, 0.25) is 0 Å². The fourth-order valence-corrected chi connectivity index (χ4v) is 2.57. The van der Waals surface area contributed by atoms with E-state index in [1.807, 2.05) is 0 Å². The van der Waals surface area contributed by atoms with Crippen molar-refractivity contribution in [2.75, 3.05) is 19.7 Å². The van der Waals surface area contributed by atoms with Crippen molar-refractivity contribution < 1.29 is 22.7 Å². The van der Waals surface area contributed by atoms with E-state index in [2.05, 4.69) is 15.4 Å². The van der Waals surface area contributed by atoms with Crippen LogP contribution in [0.25, 0.3) is 0 Å². The number of carbonyl (C=O) groups excluding carboxylic acids is 1. The Bertz CT molecular complexity index is 712. The highest BCUT2D eigenvalue weighted by molar-refractivity contribution is 6.32. The standard InChI is InChI=1S/C15H16ClF3N4O2/c16-9-3-7(1-2-10(9)17)13(20)12(14(21)24)11-5-22-4-8(23-11)6-25-15(18)19/h1-3,8,15,20,22-23H,4-6H2,(H2,21,24)/b12-11+,20-13?. The van der Waals surface area contributed by atoms with E-state index in [-0.39, 0.29) is 40.7 Å². The molecule has 1 atom stereocenters. The van der Waals surface area contributed by atoms with Gasteiger partial charge in [0.25, 0.3) is 5.91 Å². The SMILES string of the molecule is N=C(/C(C(N)=O)=C1/CNCC(COC(F)F)N1)c1ccc(F)c(Cl)c1. The number of rotatable bonds is 6. The van der Waals surface area contributed by atoms with Crippen molar-refractivity contribution in [3.63, 3.8) is 0 Å². The normalized spacial score (nSPS) is 19.5. The Balaban J connectivity index is 2.28. The van der Waals surface area contributed by atoms with Gasteiger partial charge in [-0.3, -0.25) is 10.2 Å². The van der Waals surface area contributed by atoms with Gasteiger partial charge >= 0.3 is 6.61 Å². The number of halogens is 4. The summed E-state index contributed by atoms with van der Waals surface area (Å²) in [6, 6.07) is 3.04. The average molecular weight is 377 g/mol. The zero-order valence-corrected chi connectivity index (χ0v) is 13.7. The molecule has 0 aromatic heterocycles. The molecule has 0 spiro atoms. The highest BCUT2D eigenvalue weighted by Crippen LogP contribution is 2.20. The smallest absolute Gasteiger partial charge is 0.345 e. The van der Waals surface area contributed by atoms with Gasteiger partial charge in [-0.1, -0.05) is 11.6 Å². The number of nitrogens with two attached hydrogens (primary N) is 1. The third-order valence-electron chi connectivity index (χ3n) is 3.50. The van der Waals surface area contributed by atoms with Crippen LogP contribution in [0.2, 0.25) is 5.02 Å². The zero-order chi connectivity index (χ0) is 18.6. The van der Waals surface area contributed by atoms with Crippen LogP contribution in [0.1, 0.15) is 5.56 Å². The molecular weight excluding hydrogens is 361 g/mol. The summed E-state index contributed by atoms with van der Waals surface area (Å²) in [5.41, 5.74) is 5.45. The molecule has 1 aromatic carbocycles. The molecule has 10 heteroatoms. The van der Waals surface area contributed by atoms with E-state index in [1.54, 1.807) is 0 Å². The Morgan fingerprint density at radius 1 is 1.48 bits per heavy atom. The van der Waals surface area contributed by atoms with Gasteiger partial charge in [0, 0.05) is 24.4 Å². The highest BCUT2D eigenvalue weighted by atomic mass is 35.5. The predicted octanol–water partition coefficient (Wildman–Crippen LogP) is 1.39. The van der Waals surface area contributed by atoms with Crippen LogP contribution in [0.4, 0.5) is 13.2 Å². The lowest BCUT2D eigenvalue weighted by Crippen LogP contribution is -2.51. The van der Waals surface area contributed by atoms with Crippen LogP contribution in [0.5, 0.6) is 0 Å². The Kier molecular flexibility index (Phi) is 6.40. The first-order chi connectivity index (χ1) is 11.8. The number of hydrogen-bond donors (Lipinski definition) is 4. The summed E-state index contributed by atoms with van der Waals surface area (Å²) in [5.74, 6) is -1.54. The maximum Gasteiger partial charge on any atom is 0.345 e. The Morgan fingerprint density at radius 3 is 2.80 bits per heavy atom. The molecule has 0 saturated carbocycles. The van der Waals surface area contributed by atoms with Crippen molar-refractivity contribution in [3.05, 3.63) is 45.9 Å². The lowest BCUT2D eigenvalue weighted by Gasteiger charge is -2.29. The molecule has 0 aliphatic carbocycles. The van der Waals surface area contributed by atoms with Gasteiger partial charge in [-0.25, -0.2) is 4.39 Å². The van der Waals surface area contributed by atoms with Crippen LogP contribution < -0.4 is 16.4 Å². The lowest BCUT2D eigenvalue weighted by atomic mass is 9.98. The maximum atomic E-state index is 13.3. The lowest BCUT2D eigenvalue weighted by molar-refractivity contribution is -0.133. The molecule has 1 unspecified atom stereocenters. The van der Waals surface area contributed by atoms with E-state index in [0.29, 0.717) is 6.54 Å². The third kappa shape index (κ3) is 4.94. The van der Waals surface area contributed by atoms with Crippen LogP contribution in [-0.4, -0.2) is 44.0 Å². The molecule has 1 fully saturated rings. The summed E-state index contributed by atoms with van der Waals surface area (Å²) in [6.45, 7) is -2.69. The molecule has 1 saturated heterocycles. The number of piperazine rings is 1. The molecular formula is C15H16ClF3N4O2. The van der Waals surface area contributed by atoms with Crippen LogP contribution in [0, 0.1) is 11.2 Å². The molecule has 5 N–H and O–H groups in total. The molecule has 0 bridgehead atoms. The molecule has 1 aliphatic rings. The van der Waals surface area contributed by atoms with E-state index in [0.717, 1.165) is 6.07 Å². The monoisotopic (exact) mass is 376 g/mol. The van der Waals surface area contributed by atoms with Gasteiger partial charge in [0.1, 0.15) is 5.82 Å². The first-order valence-corrected chi connectivity index (χ1v) is 7.61. The zero-order valence-electron chi connectivity index (χ0n) is 12.9. The maximum absolute atomic E-state index is 13.3. The minimum absolute atomic E-state index is 0.142. The molecule has 1 heterocycles. The fourth-order valence-electron chi connectivity index (χ4n) is 2.39. The molecule has 0 radical (unpaired) electrons. The molecule has 1 aromatic rings. The molecule has 2 rings (SSSR count). The molecule has 6 nitrogen and oxygen atoms in total. The van der Waals surface area contributed by atoms with Gasteiger partial charge in [0.05, 0.1) is 29.0 Å². The quantitative estimate of drug-likeness (QED) is 0.445. The van der Waals surface area contributed by atoms with Crippen molar-refractivity contribution in [3.8, 4) is 0 Å². The molecule has 136 valence electrons. The number of amides is 1. The number of ether oxygens (including phenoxy) is 1. The summed E-state index contributed by atoms with van der Waals surface area (Å²) in [4.78, 5) is 11.8. The first kappa shape index (κ1) is 19.2. The predicted molar refractivity (Wildman–Crippen MR) is 86.2 cm³/mol. The minimum atomic E-state index is -2.91. The Morgan fingerprint density at radius 2 is 2.20 bits per heavy atom. The van der Waals surface area contributed by atoms with Crippen LogP contribution >= 0.6 is 11.6 Å². The van der Waals surface area contributed by atoms with Crippen LogP contribution in [0.3, 0.4) is 0 Å². The van der Waals surface area contributed by atoms with Gasteiger partial charge < -0.3 is 21.1 Å². The summed E-state index contributed by atoms with van der Waals surface area (Å²) >= 11 is 5.70. The van der Waals surface area contributed by atoms with Crippen LogP contribution in [-0.2, 0) is 9.53 Å². The molecule has 1 aliphatic heterocycles. The first-order valence-electron chi connectivity index (χ1n) is 7.24. The van der Waals surface area contributed by atoms with E-state index in [9.17, 15) is 18.0 Å². The minimum Gasteiger partial charge on any atom is -0.380 e. The Hall–Kier alpha value is -2.10. The van der Waals surface area contributed by atoms with Gasteiger partial charge in [-0.2, -0.15) is 8.78 Å². The summed E-state index contributed by atoms with van der Waals surface area (Å²) in [5, 5.41) is 13.8. The van der Waals surface area contributed by atoms with E-state index in [1.165, 1.54) is 12.1 Å². The number of benzene rings is 1. The van der Waals surface area contributed by atoms with Gasteiger partial charge in [-0.15, -0.1) is 0 Å².